The summed E-state index contributed by atoms with van der Waals surface area (Å²) in [6.07, 6.45) is 1.63. The Kier molecular flexibility index (Phi) is 7.90. The van der Waals surface area contributed by atoms with Gasteiger partial charge in [-0.15, -0.1) is 0 Å². The Bertz CT molecular complexity index is 349. The zero-order valence-electron chi connectivity index (χ0n) is 10.5. The van der Waals surface area contributed by atoms with Gasteiger partial charge in [0.1, 0.15) is 5.75 Å². The summed E-state index contributed by atoms with van der Waals surface area (Å²) in [6.45, 7) is 4.72. The van der Waals surface area contributed by atoms with Gasteiger partial charge in [-0.2, -0.15) is 0 Å². The summed E-state index contributed by atoms with van der Waals surface area (Å²) < 4.78 is 7.61. The Hall–Kier alpha value is -0.100. The van der Waals surface area contributed by atoms with E-state index in [1.54, 1.807) is 0 Å². The van der Waals surface area contributed by atoms with Crippen LogP contribution >= 0.6 is 31.9 Å². The van der Waals surface area contributed by atoms with Crippen LogP contribution < -0.4 is 10.1 Å². The minimum absolute atomic E-state index is 0.216. The highest BCUT2D eigenvalue weighted by Crippen LogP contribution is 2.34. The van der Waals surface area contributed by atoms with E-state index >= 15 is 0 Å². The minimum Gasteiger partial charge on any atom is -0.491 e. The standard InChI is InChI=1S/C13H19Br2NO2/c1-2-16-9-10-7-11(14)13(12(15)8-10)18-6-4-3-5-17/h7-8,16-17H,2-6,9H2,1H3. The van der Waals surface area contributed by atoms with Crippen LogP contribution in [-0.2, 0) is 6.54 Å². The number of nitrogens with one attached hydrogen (secondary N) is 1. The quantitative estimate of drug-likeness (QED) is 0.678. The Balaban J connectivity index is 2.62. The number of halogens is 2. The molecular weight excluding hydrogens is 362 g/mol. The summed E-state index contributed by atoms with van der Waals surface area (Å²) in [4.78, 5) is 0. The highest BCUT2D eigenvalue weighted by Gasteiger charge is 2.08. The maximum Gasteiger partial charge on any atom is 0.147 e. The monoisotopic (exact) mass is 379 g/mol. The van der Waals surface area contributed by atoms with Crippen molar-refractivity contribution in [2.24, 2.45) is 0 Å². The van der Waals surface area contributed by atoms with Crippen LogP contribution in [-0.4, -0.2) is 24.9 Å². The zero-order valence-corrected chi connectivity index (χ0v) is 13.7. The van der Waals surface area contributed by atoms with Gasteiger partial charge in [0.2, 0.25) is 0 Å². The van der Waals surface area contributed by atoms with Gasteiger partial charge in [0, 0.05) is 13.2 Å². The highest BCUT2D eigenvalue weighted by atomic mass is 79.9. The first-order chi connectivity index (χ1) is 8.69. The minimum atomic E-state index is 0.216. The maximum atomic E-state index is 8.71. The first-order valence-electron chi connectivity index (χ1n) is 6.11. The Morgan fingerprint density at radius 3 is 2.44 bits per heavy atom. The van der Waals surface area contributed by atoms with Crippen molar-refractivity contribution in [1.29, 1.82) is 0 Å². The lowest BCUT2D eigenvalue weighted by Gasteiger charge is -2.12. The van der Waals surface area contributed by atoms with Crippen molar-refractivity contribution in [3.63, 3.8) is 0 Å². The second-order valence-corrected chi connectivity index (χ2v) is 5.66. The molecule has 102 valence electrons. The van der Waals surface area contributed by atoms with Crippen LogP contribution in [0.5, 0.6) is 5.75 Å². The number of benzene rings is 1. The predicted molar refractivity (Wildman–Crippen MR) is 81.0 cm³/mol. The second-order valence-electron chi connectivity index (χ2n) is 3.95. The summed E-state index contributed by atoms with van der Waals surface area (Å²) in [5.41, 5.74) is 1.21. The van der Waals surface area contributed by atoms with Gasteiger partial charge in [-0.3, -0.25) is 0 Å². The lowest BCUT2D eigenvalue weighted by atomic mass is 10.2. The molecular formula is C13H19Br2NO2. The zero-order chi connectivity index (χ0) is 13.4. The van der Waals surface area contributed by atoms with E-state index in [1.807, 2.05) is 0 Å². The molecule has 0 saturated heterocycles. The second kappa shape index (κ2) is 8.91. The van der Waals surface area contributed by atoms with Crippen LogP contribution in [0.25, 0.3) is 0 Å². The van der Waals surface area contributed by atoms with Crippen LogP contribution in [0.1, 0.15) is 25.3 Å². The van der Waals surface area contributed by atoms with Gasteiger partial charge in [0.25, 0.3) is 0 Å². The number of ether oxygens (including phenoxy) is 1. The van der Waals surface area contributed by atoms with Crippen molar-refractivity contribution in [1.82, 2.24) is 5.32 Å². The molecule has 0 aromatic heterocycles. The molecule has 0 fully saturated rings. The molecule has 0 bridgehead atoms. The average molecular weight is 381 g/mol. The van der Waals surface area contributed by atoms with Crippen molar-refractivity contribution >= 4 is 31.9 Å². The van der Waals surface area contributed by atoms with E-state index in [1.165, 1.54) is 5.56 Å². The third kappa shape index (κ3) is 5.26. The van der Waals surface area contributed by atoms with Gasteiger partial charge in [-0.25, -0.2) is 0 Å². The van der Waals surface area contributed by atoms with E-state index in [-0.39, 0.29) is 6.61 Å². The Morgan fingerprint density at radius 1 is 1.22 bits per heavy atom. The van der Waals surface area contributed by atoms with Crippen LogP contribution in [0, 0.1) is 0 Å². The van der Waals surface area contributed by atoms with E-state index in [0.717, 1.165) is 40.6 Å². The van der Waals surface area contributed by atoms with Crippen molar-refractivity contribution in [3.05, 3.63) is 26.6 Å². The third-order valence-corrected chi connectivity index (χ3v) is 3.61. The van der Waals surface area contributed by atoms with E-state index < -0.39 is 0 Å². The molecule has 1 aromatic carbocycles. The first kappa shape index (κ1) is 16.0. The number of hydrogen-bond donors (Lipinski definition) is 2. The number of rotatable bonds is 8. The predicted octanol–water partition coefficient (Wildman–Crippen LogP) is 3.47. The SMILES string of the molecule is CCNCc1cc(Br)c(OCCCCO)c(Br)c1. The molecule has 0 spiro atoms. The molecule has 3 nitrogen and oxygen atoms in total. The number of aliphatic hydroxyl groups is 1. The lowest BCUT2D eigenvalue weighted by Crippen LogP contribution is -2.11. The largest absolute Gasteiger partial charge is 0.491 e. The summed E-state index contributed by atoms with van der Waals surface area (Å²) in [6, 6.07) is 4.13. The normalized spacial score (nSPS) is 10.7. The summed E-state index contributed by atoms with van der Waals surface area (Å²) in [5.74, 6) is 0.827. The molecule has 0 saturated carbocycles. The smallest absolute Gasteiger partial charge is 0.147 e. The molecule has 1 rings (SSSR count). The Labute approximate surface area is 125 Å². The van der Waals surface area contributed by atoms with Crippen LogP contribution in [0.3, 0.4) is 0 Å². The molecule has 0 amide bonds. The van der Waals surface area contributed by atoms with Gasteiger partial charge in [-0.1, -0.05) is 6.92 Å². The Morgan fingerprint density at radius 2 is 1.89 bits per heavy atom. The molecule has 0 aliphatic heterocycles. The third-order valence-electron chi connectivity index (χ3n) is 2.44. The first-order valence-corrected chi connectivity index (χ1v) is 7.70. The molecule has 0 radical (unpaired) electrons. The molecule has 0 atom stereocenters. The van der Waals surface area contributed by atoms with E-state index in [0.29, 0.717) is 6.61 Å². The summed E-state index contributed by atoms with van der Waals surface area (Å²) in [7, 11) is 0. The lowest BCUT2D eigenvalue weighted by molar-refractivity contribution is 0.252. The van der Waals surface area contributed by atoms with Crippen molar-refractivity contribution < 1.29 is 9.84 Å². The summed E-state index contributed by atoms with van der Waals surface area (Å²) in [5, 5.41) is 12.0. The number of aliphatic hydroxyl groups excluding tert-OH is 1. The van der Waals surface area contributed by atoms with Gasteiger partial charge in [-0.05, 0) is 68.9 Å². The fraction of sp³-hybridized carbons (Fsp3) is 0.538. The van der Waals surface area contributed by atoms with Gasteiger partial charge in [0.15, 0.2) is 0 Å². The van der Waals surface area contributed by atoms with E-state index in [9.17, 15) is 0 Å². The van der Waals surface area contributed by atoms with Crippen LogP contribution in [0.4, 0.5) is 0 Å². The summed E-state index contributed by atoms with van der Waals surface area (Å²) >= 11 is 7.05. The molecule has 18 heavy (non-hydrogen) atoms. The molecule has 0 heterocycles. The van der Waals surface area contributed by atoms with Crippen molar-refractivity contribution in [3.8, 4) is 5.75 Å². The molecule has 0 aliphatic rings. The van der Waals surface area contributed by atoms with Crippen molar-refractivity contribution in [2.45, 2.75) is 26.3 Å². The number of unbranched alkanes of at least 4 members (excludes halogenated alkanes) is 1. The van der Waals surface area contributed by atoms with E-state index in [4.69, 9.17) is 9.84 Å². The molecule has 0 unspecified atom stereocenters. The van der Waals surface area contributed by atoms with Gasteiger partial charge < -0.3 is 15.2 Å². The van der Waals surface area contributed by atoms with Crippen molar-refractivity contribution in [2.75, 3.05) is 19.8 Å². The topological polar surface area (TPSA) is 41.5 Å². The molecule has 5 heteroatoms. The molecule has 0 aliphatic carbocycles. The van der Waals surface area contributed by atoms with Crippen LogP contribution in [0.2, 0.25) is 0 Å². The van der Waals surface area contributed by atoms with Crippen LogP contribution in [0.15, 0.2) is 21.1 Å². The van der Waals surface area contributed by atoms with E-state index in [2.05, 4.69) is 56.2 Å². The molecule has 1 aromatic rings. The highest BCUT2D eigenvalue weighted by molar-refractivity contribution is 9.11. The van der Waals surface area contributed by atoms with Gasteiger partial charge >= 0.3 is 0 Å². The fourth-order valence-corrected chi connectivity index (χ4v) is 3.02. The molecule has 2 N–H and O–H groups in total. The number of hydrogen-bond acceptors (Lipinski definition) is 3. The maximum absolute atomic E-state index is 8.71. The fourth-order valence-electron chi connectivity index (χ4n) is 1.51. The van der Waals surface area contributed by atoms with Gasteiger partial charge in [0.05, 0.1) is 15.6 Å². The average Bonchev–Trinajstić information content (AvgIpc) is 2.34.